The number of fused-ring (bicyclic) bond motifs is 3. The number of hydrogen-bond acceptors (Lipinski definition) is 6. The quantitative estimate of drug-likeness (QED) is 0.301. The van der Waals surface area contributed by atoms with E-state index in [-0.39, 0.29) is 23.9 Å². The highest BCUT2D eigenvalue weighted by molar-refractivity contribution is 6.01. The molecule has 6 rings (SSSR count). The van der Waals surface area contributed by atoms with Crippen LogP contribution in [-0.4, -0.2) is 30.6 Å². The maximum Gasteiger partial charge on any atom is 0.310 e. The maximum atomic E-state index is 12.4. The summed E-state index contributed by atoms with van der Waals surface area (Å²) in [7, 11) is 0. The van der Waals surface area contributed by atoms with E-state index in [0.717, 1.165) is 71.1 Å². The van der Waals surface area contributed by atoms with Crippen molar-refractivity contribution in [2.24, 2.45) is 0 Å². The van der Waals surface area contributed by atoms with E-state index in [4.69, 9.17) is 15.2 Å². The highest BCUT2D eigenvalue weighted by atomic mass is 16.5. The normalized spacial score (nSPS) is 17.7. The zero-order chi connectivity index (χ0) is 27.0. The molecule has 1 aliphatic carbocycles. The topological polar surface area (TPSA) is 86.5 Å². The molecule has 1 unspecified atom stereocenters. The van der Waals surface area contributed by atoms with Crippen molar-refractivity contribution in [2.75, 3.05) is 25.4 Å². The molecule has 3 N–H and O–H groups in total. The molecular weight excluding hydrogens is 486 g/mol. The number of pyridine rings is 1. The number of esters is 1. The molecule has 1 saturated heterocycles. The molecule has 0 bridgehead atoms. The predicted molar refractivity (Wildman–Crippen MR) is 155 cm³/mol. The van der Waals surface area contributed by atoms with Crippen molar-refractivity contribution in [2.45, 2.75) is 51.0 Å². The Kier molecular flexibility index (Phi) is 6.73. The van der Waals surface area contributed by atoms with Crippen molar-refractivity contribution in [3.63, 3.8) is 0 Å². The second-order valence-electron chi connectivity index (χ2n) is 10.8. The van der Waals surface area contributed by atoms with Gasteiger partial charge in [0.1, 0.15) is 17.7 Å². The minimum Gasteiger partial charge on any atom is -0.485 e. The van der Waals surface area contributed by atoms with Crippen LogP contribution in [0.25, 0.3) is 21.9 Å². The molecule has 2 aliphatic rings. The predicted octanol–water partition coefficient (Wildman–Crippen LogP) is 6.04. The molecule has 0 saturated carbocycles. The van der Waals surface area contributed by atoms with Gasteiger partial charge in [-0.05, 0) is 97.6 Å². The van der Waals surface area contributed by atoms with Gasteiger partial charge in [0.15, 0.2) is 0 Å². The average molecular weight is 522 g/mol. The zero-order valence-electron chi connectivity index (χ0n) is 22.6. The second kappa shape index (κ2) is 10.3. The van der Waals surface area contributed by atoms with E-state index >= 15 is 0 Å². The molecule has 0 amide bonds. The van der Waals surface area contributed by atoms with Gasteiger partial charge in [-0.25, -0.2) is 4.98 Å². The zero-order valence-corrected chi connectivity index (χ0v) is 22.6. The minimum absolute atomic E-state index is 0.0853. The Bertz CT molecular complexity index is 1540. The van der Waals surface area contributed by atoms with Gasteiger partial charge in [-0.1, -0.05) is 42.5 Å². The molecule has 0 radical (unpaired) electrons. The van der Waals surface area contributed by atoms with Crippen molar-refractivity contribution >= 4 is 22.6 Å². The summed E-state index contributed by atoms with van der Waals surface area (Å²) in [5, 5.41) is 5.58. The van der Waals surface area contributed by atoms with E-state index < -0.39 is 0 Å². The molecular formula is C33H35N3O3. The number of nitrogens with one attached hydrogen (secondary N) is 1. The molecule has 1 fully saturated rings. The molecule has 2 heterocycles. The molecule has 6 heteroatoms. The van der Waals surface area contributed by atoms with Crippen LogP contribution in [0.5, 0.6) is 5.75 Å². The third-order valence-electron chi connectivity index (χ3n) is 8.39. The first-order chi connectivity index (χ1) is 19.0. The van der Waals surface area contributed by atoms with Gasteiger partial charge in [-0.3, -0.25) is 4.79 Å². The molecule has 1 aromatic heterocycles. The van der Waals surface area contributed by atoms with E-state index in [9.17, 15) is 4.79 Å². The van der Waals surface area contributed by atoms with Gasteiger partial charge in [0, 0.05) is 22.6 Å². The van der Waals surface area contributed by atoms with Crippen LogP contribution in [0, 0.1) is 6.92 Å². The maximum absolute atomic E-state index is 12.4. The number of nitrogens with zero attached hydrogens (tertiary/aromatic N) is 1. The van der Waals surface area contributed by atoms with E-state index in [1.165, 1.54) is 11.1 Å². The van der Waals surface area contributed by atoms with Crippen molar-refractivity contribution in [1.29, 1.82) is 0 Å². The first-order valence-corrected chi connectivity index (χ1v) is 13.9. The number of ether oxygens (including phenoxy) is 2. The molecule has 3 aromatic carbocycles. The lowest BCUT2D eigenvalue weighted by atomic mass is 9.74. The minimum atomic E-state index is -0.236. The lowest BCUT2D eigenvalue weighted by Crippen LogP contribution is -2.38. The van der Waals surface area contributed by atoms with Gasteiger partial charge < -0.3 is 20.5 Å². The van der Waals surface area contributed by atoms with E-state index in [0.29, 0.717) is 12.4 Å². The number of piperidine rings is 1. The first-order valence-electron chi connectivity index (χ1n) is 13.9. The van der Waals surface area contributed by atoms with Crippen LogP contribution in [0.3, 0.4) is 0 Å². The molecule has 1 spiro atoms. The number of rotatable bonds is 6. The van der Waals surface area contributed by atoms with Crippen LogP contribution in [0.4, 0.5) is 5.82 Å². The summed E-state index contributed by atoms with van der Waals surface area (Å²) < 4.78 is 12.1. The van der Waals surface area contributed by atoms with Gasteiger partial charge >= 0.3 is 5.97 Å². The lowest BCUT2D eigenvalue weighted by molar-refractivity contribution is -0.142. The third kappa shape index (κ3) is 4.74. The van der Waals surface area contributed by atoms with Crippen molar-refractivity contribution in [1.82, 2.24) is 10.3 Å². The molecule has 6 nitrogen and oxygen atoms in total. The number of benzene rings is 3. The lowest BCUT2D eigenvalue weighted by Gasteiger charge is -2.35. The van der Waals surface area contributed by atoms with Gasteiger partial charge in [-0.15, -0.1) is 0 Å². The Balaban J connectivity index is 1.43. The standard InChI is InChI=1S/C33H35N3O3/c1-3-38-31(37)19-23-8-7-21(2)17-29(23)39-30-20-33(12-15-35-16-13-33)28-10-9-22(18-27(28)30)24-5-4-6-26-25(24)11-14-36-32(26)34/h4-11,14,17-18,30,35H,3,12-13,15-16,19-20H2,1-2H3,(H2,34,36). The van der Waals surface area contributed by atoms with Gasteiger partial charge in [0.2, 0.25) is 0 Å². The van der Waals surface area contributed by atoms with Gasteiger partial charge in [-0.2, -0.15) is 0 Å². The number of aryl methyl sites for hydroxylation is 1. The summed E-state index contributed by atoms with van der Waals surface area (Å²) in [6.07, 6.45) is 4.95. The van der Waals surface area contributed by atoms with Crippen LogP contribution in [0.1, 0.15) is 54.5 Å². The van der Waals surface area contributed by atoms with Gasteiger partial charge in [0.25, 0.3) is 0 Å². The Morgan fingerprint density at radius 1 is 1.08 bits per heavy atom. The number of anilines is 1. The van der Waals surface area contributed by atoms with Crippen LogP contribution in [0.2, 0.25) is 0 Å². The summed E-state index contributed by atoms with van der Waals surface area (Å²) in [5.41, 5.74) is 13.1. The van der Waals surface area contributed by atoms with Crippen molar-refractivity contribution in [3.05, 3.63) is 89.1 Å². The first kappa shape index (κ1) is 25.4. The van der Waals surface area contributed by atoms with Crippen LogP contribution < -0.4 is 15.8 Å². The fraction of sp³-hybridized carbons (Fsp3) is 0.333. The fourth-order valence-electron chi connectivity index (χ4n) is 6.46. The molecule has 1 aliphatic heterocycles. The Hall–Kier alpha value is -3.90. The van der Waals surface area contributed by atoms with E-state index in [1.54, 1.807) is 6.20 Å². The fourth-order valence-corrected chi connectivity index (χ4v) is 6.46. The smallest absolute Gasteiger partial charge is 0.310 e. The summed E-state index contributed by atoms with van der Waals surface area (Å²) in [4.78, 5) is 16.6. The molecule has 1 atom stereocenters. The average Bonchev–Trinajstić information content (AvgIpc) is 3.22. The third-order valence-corrected chi connectivity index (χ3v) is 8.39. The Labute approximate surface area is 229 Å². The number of carbonyl (C=O) groups is 1. The number of aromatic nitrogens is 1. The number of nitrogen functional groups attached to an aromatic ring is 1. The van der Waals surface area contributed by atoms with Crippen molar-refractivity contribution in [3.8, 4) is 16.9 Å². The molecule has 39 heavy (non-hydrogen) atoms. The highest BCUT2D eigenvalue weighted by Gasteiger charge is 2.45. The summed E-state index contributed by atoms with van der Waals surface area (Å²) in [5.74, 6) is 1.07. The second-order valence-corrected chi connectivity index (χ2v) is 10.8. The largest absolute Gasteiger partial charge is 0.485 e. The number of nitrogens with two attached hydrogens (primary N) is 1. The summed E-state index contributed by atoms with van der Waals surface area (Å²) in [6, 6.07) is 21.2. The SMILES string of the molecule is CCOC(=O)Cc1ccc(C)cc1OC1CC2(CCNCC2)c2ccc(-c3cccc4c(N)nccc34)cc21. The molecule has 200 valence electrons. The monoisotopic (exact) mass is 521 g/mol. The van der Waals surface area contributed by atoms with Crippen LogP contribution in [-0.2, 0) is 21.4 Å². The number of hydrogen-bond donors (Lipinski definition) is 2. The van der Waals surface area contributed by atoms with Crippen LogP contribution in [0.15, 0.2) is 66.9 Å². The van der Waals surface area contributed by atoms with Crippen molar-refractivity contribution < 1.29 is 14.3 Å². The van der Waals surface area contributed by atoms with E-state index in [1.807, 2.05) is 43.3 Å². The Morgan fingerprint density at radius 3 is 2.74 bits per heavy atom. The van der Waals surface area contributed by atoms with E-state index in [2.05, 4.69) is 41.5 Å². The molecule has 4 aromatic rings. The highest BCUT2D eigenvalue weighted by Crippen LogP contribution is 2.52. The van der Waals surface area contributed by atoms with Crippen LogP contribution >= 0.6 is 0 Å². The summed E-state index contributed by atoms with van der Waals surface area (Å²) >= 11 is 0. The van der Waals surface area contributed by atoms with Gasteiger partial charge in [0.05, 0.1) is 13.0 Å². The summed E-state index contributed by atoms with van der Waals surface area (Å²) in [6.45, 7) is 6.25. The number of carbonyl (C=O) groups excluding carboxylic acids is 1. The Morgan fingerprint density at radius 2 is 1.92 bits per heavy atom.